The number of ether oxygens (including phenoxy) is 1. The van der Waals surface area contributed by atoms with Crippen molar-refractivity contribution >= 4 is 23.6 Å². The molecule has 150 valence electrons. The molecule has 8 heteroatoms. The fourth-order valence-electron chi connectivity index (χ4n) is 3.56. The largest absolute Gasteiger partial charge is 0.484 e. The first-order valence-corrected chi connectivity index (χ1v) is 9.57. The number of nitrogens with zero attached hydrogens (tertiary/aromatic N) is 1. The van der Waals surface area contributed by atoms with E-state index in [1.165, 1.54) is 0 Å². The zero-order valence-electron chi connectivity index (χ0n) is 16.1. The number of nitrogens with one attached hydrogen (secondary N) is 2. The fraction of sp³-hybridized carbons (Fsp3) is 0.500. The molecule has 8 nitrogen and oxygen atoms in total. The molecule has 1 heterocycles. The normalized spacial score (nSPS) is 24.2. The third-order valence-corrected chi connectivity index (χ3v) is 5.39. The van der Waals surface area contributed by atoms with Gasteiger partial charge in [-0.3, -0.25) is 19.8 Å². The highest BCUT2D eigenvalue weighted by Crippen LogP contribution is 2.35. The van der Waals surface area contributed by atoms with Crippen LogP contribution in [0.25, 0.3) is 0 Å². The molecule has 0 aromatic heterocycles. The first kappa shape index (κ1) is 19.9. The van der Waals surface area contributed by atoms with Crippen molar-refractivity contribution in [2.75, 3.05) is 6.61 Å². The van der Waals surface area contributed by atoms with Crippen LogP contribution in [0.15, 0.2) is 24.3 Å². The highest BCUT2D eigenvalue weighted by molar-refractivity contribution is 6.08. The Morgan fingerprint density at radius 1 is 1.21 bits per heavy atom. The summed E-state index contributed by atoms with van der Waals surface area (Å²) in [5, 5.41) is 3.50. The number of hydrogen-bond acceptors (Lipinski definition) is 5. The minimum atomic E-state index is -0.903. The molecule has 2 fully saturated rings. The lowest BCUT2D eigenvalue weighted by molar-refractivity contribution is -0.140. The number of rotatable bonds is 6. The molecule has 0 radical (unpaired) electrons. The van der Waals surface area contributed by atoms with Crippen molar-refractivity contribution in [1.82, 2.24) is 15.8 Å². The van der Waals surface area contributed by atoms with Crippen molar-refractivity contribution in [3.05, 3.63) is 29.8 Å². The lowest BCUT2D eigenvalue weighted by Crippen LogP contribution is -2.52. The van der Waals surface area contributed by atoms with Gasteiger partial charge in [-0.05, 0) is 55.9 Å². The molecule has 1 aromatic rings. The first-order valence-electron chi connectivity index (χ1n) is 9.57. The van der Waals surface area contributed by atoms with Gasteiger partial charge in [-0.2, -0.15) is 5.01 Å². The van der Waals surface area contributed by atoms with Gasteiger partial charge >= 0.3 is 6.03 Å². The van der Waals surface area contributed by atoms with Crippen LogP contribution in [0, 0.1) is 5.92 Å². The van der Waals surface area contributed by atoms with Crippen LogP contribution in [0.2, 0.25) is 0 Å². The predicted octanol–water partition coefficient (Wildman–Crippen LogP) is 2.19. The van der Waals surface area contributed by atoms with Crippen molar-refractivity contribution in [2.24, 2.45) is 5.92 Å². The van der Waals surface area contributed by atoms with Gasteiger partial charge in [0, 0.05) is 12.0 Å². The van der Waals surface area contributed by atoms with E-state index >= 15 is 0 Å². The van der Waals surface area contributed by atoms with Crippen LogP contribution in [0.3, 0.4) is 0 Å². The van der Waals surface area contributed by atoms with E-state index in [0.29, 0.717) is 36.5 Å². The van der Waals surface area contributed by atoms with Crippen LogP contribution in [-0.4, -0.2) is 40.8 Å². The molecule has 1 spiro atoms. The molecular formula is C20H25N3O5. The van der Waals surface area contributed by atoms with Gasteiger partial charge in [-0.15, -0.1) is 0 Å². The maximum Gasteiger partial charge on any atom is 0.344 e. The summed E-state index contributed by atoms with van der Waals surface area (Å²) in [6.07, 6.45) is 3.27. The second-order valence-corrected chi connectivity index (χ2v) is 7.46. The van der Waals surface area contributed by atoms with E-state index in [2.05, 4.69) is 17.7 Å². The van der Waals surface area contributed by atoms with Crippen LogP contribution in [-0.2, 0) is 9.59 Å². The van der Waals surface area contributed by atoms with Crippen LogP contribution >= 0.6 is 0 Å². The zero-order valence-corrected chi connectivity index (χ0v) is 16.1. The van der Waals surface area contributed by atoms with Gasteiger partial charge < -0.3 is 10.1 Å². The van der Waals surface area contributed by atoms with Gasteiger partial charge in [0.1, 0.15) is 11.3 Å². The molecule has 0 unspecified atom stereocenters. The fourth-order valence-corrected chi connectivity index (χ4v) is 3.56. The number of urea groups is 1. The second-order valence-electron chi connectivity index (χ2n) is 7.46. The van der Waals surface area contributed by atoms with Crippen molar-refractivity contribution in [2.45, 2.75) is 51.5 Å². The number of carbonyl (C=O) groups is 4. The Hall–Kier alpha value is -2.90. The van der Waals surface area contributed by atoms with Gasteiger partial charge in [0.25, 0.3) is 11.8 Å². The van der Waals surface area contributed by atoms with Crippen molar-refractivity contribution in [1.29, 1.82) is 0 Å². The smallest absolute Gasteiger partial charge is 0.344 e. The average Bonchev–Trinajstić information content (AvgIpc) is 2.92. The van der Waals surface area contributed by atoms with E-state index in [9.17, 15) is 19.2 Å². The summed E-state index contributed by atoms with van der Waals surface area (Å²) < 4.78 is 5.37. The number of carbonyl (C=O) groups excluding carboxylic acids is 4. The van der Waals surface area contributed by atoms with Crippen LogP contribution < -0.4 is 15.5 Å². The highest BCUT2D eigenvalue weighted by atomic mass is 16.5. The molecule has 28 heavy (non-hydrogen) atoms. The van der Waals surface area contributed by atoms with Gasteiger partial charge in [0.2, 0.25) is 0 Å². The van der Waals surface area contributed by atoms with E-state index in [0.717, 1.165) is 17.9 Å². The average molecular weight is 387 g/mol. The minimum absolute atomic E-state index is 0.0221. The maximum atomic E-state index is 12.7. The Labute approximate surface area is 163 Å². The summed E-state index contributed by atoms with van der Waals surface area (Å²) in [6.45, 7) is 3.54. The number of hydrazine groups is 1. The number of amides is 4. The molecule has 1 aliphatic carbocycles. The van der Waals surface area contributed by atoms with Gasteiger partial charge in [-0.25, -0.2) is 4.79 Å². The zero-order chi connectivity index (χ0) is 20.3. The molecule has 0 atom stereocenters. The number of hydrogen-bond donors (Lipinski definition) is 2. The molecule has 2 N–H and O–H groups in total. The van der Waals surface area contributed by atoms with E-state index in [1.807, 2.05) is 0 Å². The second kappa shape index (κ2) is 8.00. The molecule has 4 amide bonds. The molecule has 1 saturated carbocycles. The number of benzene rings is 1. The lowest BCUT2D eigenvalue weighted by atomic mass is 9.77. The van der Waals surface area contributed by atoms with Gasteiger partial charge in [0.15, 0.2) is 12.4 Å². The topological polar surface area (TPSA) is 105 Å². The summed E-state index contributed by atoms with van der Waals surface area (Å²) in [6, 6.07) is 5.84. The number of imide groups is 1. The minimum Gasteiger partial charge on any atom is -0.484 e. The summed E-state index contributed by atoms with van der Waals surface area (Å²) in [5.74, 6) is -0.0726. The van der Waals surface area contributed by atoms with Crippen LogP contribution in [0.1, 0.15) is 56.3 Å². The highest BCUT2D eigenvalue weighted by Gasteiger charge is 2.52. The first-order chi connectivity index (χ1) is 13.3. The summed E-state index contributed by atoms with van der Waals surface area (Å²) in [7, 11) is 0. The monoisotopic (exact) mass is 387 g/mol. The van der Waals surface area contributed by atoms with E-state index in [-0.39, 0.29) is 12.4 Å². The molecule has 1 aromatic carbocycles. The van der Waals surface area contributed by atoms with E-state index < -0.39 is 23.4 Å². The van der Waals surface area contributed by atoms with Gasteiger partial charge in [0.05, 0.1) is 0 Å². The van der Waals surface area contributed by atoms with Crippen molar-refractivity contribution in [3.63, 3.8) is 0 Å². The van der Waals surface area contributed by atoms with E-state index in [4.69, 9.17) is 4.74 Å². The Kier molecular flexibility index (Phi) is 5.67. The number of ketones is 1. The predicted molar refractivity (Wildman–Crippen MR) is 100 cm³/mol. The van der Waals surface area contributed by atoms with Crippen molar-refractivity contribution in [3.8, 4) is 5.75 Å². The third kappa shape index (κ3) is 4.00. The lowest BCUT2D eigenvalue weighted by Gasteiger charge is -2.33. The Balaban J connectivity index is 1.54. The SMILES string of the molecule is CCC(=O)c1ccc(OCC(=O)NN2C(=O)NC3(CCC(C)CC3)C2=O)cc1. The Morgan fingerprint density at radius 2 is 1.86 bits per heavy atom. The molecule has 2 aliphatic rings. The Bertz CT molecular complexity index is 782. The molecule has 1 saturated heterocycles. The third-order valence-electron chi connectivity index (χ3n) is 5.39. The molecular weight excluding hydrogens is 362 g/mol. The van der Waals surface area contributed by atoms with Gasteiger partial charge in [-0.1, -0.05) is 13.8 Å². The summed E-state index contributed by atoms with van der Waals surface area (Å²) in [4.78, 5) is 48.6. The summed E-state index contributed by atoms with van der Waals surface area (Å²) in [5.41, 5.74) is 2.00. The molecule has 1 aliphatic heterocycles. The van der Waals surface area contributed by atoms with E-state index in [1.54, 1.807) is 31.2 Å². The van der Waals surface area contributed by atoms with Crippen LogP contribution in [0.4, 0.5) is 4.79 Å². The maximum absolute atomic E-state index is 12.7. The molecule has 0 bridgehead atoms. The van der Waals surface area contributed by atoms with Crippen molar-refractivity contribution < 1.29 is 23.9 Å². The Morgan fingerprint density at radius 3 is 2.46 bits per heavy atom. The quantitative estimate of drug-likeness (QED) is 0.575. The molecule has 3 rings (SSSR count). The summed E-state index contributed by atoms with van der Waals surface area (Å²) >= 11 is 0. The standard InChI is InChI=1S/C20H25N3O5/c1-3-16(24)14-4-6-15(7-5-14)28-12-17(25)22-23-18(26)20(21-19(23)27)10-8-13(2)9-11-20/h4-7,13H,3,8-12H2,1-2H3,(H,21,27)(H,22,25). The van der Waals surface area contributed by atoms with Crippen LogP contribution in [0.5, 0.6) is 5.75 Å². The number of Topliss-reactive ketones (excluding diaryl/α,β-unsaturated/α-hetero) is 1.